The summed E-state index contributed by atoms with van der Waals surface area (Å²) in [5.41, 5.74) is 0. The minimum absolute atomic E-state index is 0.107. The van der Waals surface area contributed by atoms with Gasteiger partial charge in [-0.1, -0.05) is 246 Å². The van der Waals surface area contributed by atoms with Crippen molar-refractivity contribution < 1.29 is 28.6 Å². The lowest BCUT2D eigenvalue weighted by Crippen LogP contribution is -2.30. The highest BCUT2D eigenvalue weighted by atomic mass is 16.6. The number of allylic oxidation sites excluding steroid dienone is 16. The van der Waals surface area contributed by atoms with Gasteiger partial charge in [0.05, 0.1) is 0 Å². The zero-order valence-electron chi connectivity index (χ0n) is 40.8. The molecule has 0 N–H and O–H groups in total. The van der Waals surface area contributed by atoms with Crippen molar-refractivity contribution in [1.29, 1.82) is 0 Å². The molecule has 1 atom stereocenters. The van der Waals surface area contributed by atoms with E-state index >= 15 is 0 Å². The number of carbonyl (C=O) groups is 3. The van der Waals surface area contributed by atoms with E-state index in [4.69, 9.17) is 14.2 Å². The van der Waals surface area contributed by atoms with Crippen molar-refractivity contribution in [3.63, 3.8) is 0 Å². The number of hydrogen-bond donors (Lipinski definition) is 0. The molecule has 0 rings (SSSR count). The second-order valence-electron chi connectivity index (χ2n) is 16.9. The van der Waals surface area contributed by atoms with E-state index in [1.54, 1.807) is 0 Å². The summed E-state index contributed by atoms with van der Waals surface area (Å²) in [7, 11) is 0. The van der Waals surface area contributed by atoms with Gasteiger partial charge >= 0.3 is 17.9 Å². The first-order chi connectivity index (χ1) is 31.0. The average molecular weight is 875 g/mol. The molecule has 0 radical (unpaired) electrons. The summed E-state index contributed by atoms with van der Waals surface area (Å²) in [4.78, 5) is 37.9. The smallest absolute Gasteiger partial charge is 0.306 e. The van der Waals surface area contributed by atoms with Gasteiger partial charge in [0.15, 0.2) is 6.10 Å². The maximum absolute atomic E-state index is 12.8. The molecular weight excluding hydrogens is 781 g/mol. The second-order valence-corrected chi connectivity index (χ2v) is 16.9. The summed E-state index contributed by atoms with van der Waals surface area (Å²) < 4.78 is 16.7. The van der Waals surface area contributed by atoms with Gasteiger partial charge in [-0.25, -0.2) is 0 Å². The van der Waals surface area contributed by atoms with Crippen LogP contribution in [0.5, 0.6) is 0 Å². The molecule has 0 saturated heterocycles. The Morgan fingerprint density at radius 3 is 1.10 bits per heavy atom. The summed E-state index contributed by atoms with van der Waals surface area (Å²) in [6, 6.07) is 0. The van der Waals surface area contributed by atoms with E-state index in [0.717, 1.165) is 64.2 Å². The Kier molecular flexibility index (Phi) is 48.0. The fourth-order valence-electron chi connectivity index (χ4n) is 6.90. The molecule has 6 nitrogen and oxygen atoms in total. The minimum atomic E-state index is -0.805. The topological polar surface area (TPSA) is 78.9 Å². The number of rotatable bonds is 45. The molecule has 0 saturated carbocycles. The van der Waals surface area contributed by atoms with Crippen LogP contribution in [0, 0.1) is 0 Å². The molecule has 0 spiro atoms. The van der Waals surface area contributed by atoms with Crippen molar-refractivity contribution >= 4 is 17.9 Å². The van der Waals surface area contributed by atoms with E-state index in [1.165, 1.54) is 116 Å². The van der Waals surface area contributed by atoms with Crippen LogP contribution >= 0.6 is 0 Å². The third-order valence-electron chi connectivity index (χ3n) is 10.8. The average Bonchev–Trinajstić information content (AvgIpc) is 3.28. The number of hydrogen-bond acceptors (Lipinski definition) is 6. The van der Waals surface area contributed by atoms with Crippen molar-refractivity contribution in [2.45, 2.75) is 232 Å². The number of esters is 3. The van der Waals surface area contributed by atoms with Crippen LogP contribution in [0.1, 0.15) is 226 Å². The van der Waals surface area contributed by atoms with Gasteiger partial charge in [0.1, 0.15) is 13.2 Å². The van der Waals surface area contributed by atoms with Crippen LogP contribution in [-0.4, -0.2) is 37.2 Å². The first-order valence-corrected chi connectivity index (χ1v) is 25.8. The molecule has 0 fully saturated rings. The van der Waals surface area contributed by atoms with Crippen LogP contribution in [0.3, 0.4) is 0 Å². The van der Waals surface area contributed by atoms with E-state index in [2.05, 4.69) is 45.1 Å². The van der Waals surface area contributed by atoms with Gasteiger partial charge in [-0.15, -0.1) is 0 Å². The van der Waals surface area contributed by atoms with Gasteiger partial charge in [0.25, 0.3) is 0 Å². The minimum Gasteiger partial charge on any atom is -0.462 e. The van der Waals surface area contributed by atoms with Crippen LogP contribution in [0.4, 0.5) is 0 Å². The van der Waals surface area contributed by atoms with Crippen molar-refractivity contribution in [3.05, 3.63) is 97.2 Å². The summed E-state index contributed by atoms with van der Waals surface area (Å²) in [5.74, 6) is -0.985. The zero-order chi connectivity index (χ0) is 45.8. The molecular formula is C57H94O6. The zero-order valence-corrected chi connectivity index (χ0v) is 40.8. The molecule has 0 aliphatic heterocycles. The van der Waals surface area contributed by atoms with Gasteiger partial charge in [-0.2, -0.15) is 0 Å². The Hall–Kier alpha value is -3.67. The Morgan fingerprint density at radius 1 is 0.333 bits per heavy atom. The van der Waals surface area contributed by atoms with E-state index < -0.39 is 6.10 Å². The number of carbonyl (C=O) groups excluding carboxylic acids is 3. The third-order valence-corrected chi connectivity index (χ3v) is 10.8. The molecule has 6 heteroatoms. The highest BCUT2D eigenvalue weighted by Gasteiger charge is 2.19. The van der Waals surface area contributed by atoms with E-state index in [-0.39, 0.29) is 31.1 Å². The van der Waals surface area contributed by atoms with Gasteiger partial charge in [0, 0.05) is 19.3 Å². The maximum atomic E-state index is 12.8. The Morgan fingerprint density at radius 2 is 0.651 bits per heavy atom. The van der Waals surface area contributed by atoms with Crippen molar-refractivity contribution in [3.8, 4) is 0 Å². The van der Waals surface area contributed by atoms with Gasteiger partial charge < -0.3 is 14.2 Å². The summed E-state index contributed by atoms with van der Waals surface area (Å²) >= 11 is 0. The molecule has 0 aliphatic rings. The van der Waals surface area contributed by atoms with Crippen LogP contribution in [0.2, 0.25) is 0 Å². The molecule has 1 unspecified atom stereocenters. The van der Waals surface area contributed by atoms with Gasteiger partial charge in [-0.3, -0.25) is 14.4 Å². The van der Waals surface area contributed by atoms with Crippen LogP contribution in [0.15, 0.2) is 97.2 Å². The molecule has 358 valence electrons. The summed E-state index contributed by atoms with van der Waals surface area (Å²) in [6.07, 6.45) is 66.9. The van der Waals surface area contributed by atoms with Crippen molar-refractivity contribution in [2.75, 3.05) is 13.2 Å². The fraction of sp³-hybridized carbons (Fsp3) is 0.667. The standard InChI is InChI=1S/C57H94O6/c1-4-7-10-13-16-19-21-23-25-27-28-30-31-33-35-38-41-44-47-50-56(59)62-53-54(52-61-55(58)49-46-43-40-37-18-15-12-9-6-3)63-57(60)51-48-45-42-39-36-34-32-29-26-24-22-20-17-14-11-8-5-2/h7,10,13,16,19,21,23,25,27-28,30-31,33,35,37,40,54H,4-6,8-9,11-12,14-15,17-18,20,22,24,26,29,32,34,36,38-39,41-53H2,1-3H3/b10-7-,16-13-,21-19-,25-23-,28-27+,31-30-,35-33-,40-37-. The van der Waals surface area contributed by atoms with Crippen LogP contribution in [-0.2, 0) is 28.6 Å². The maximum Gasteiger partial charge on any atom is 0.306 e. The quantitative estimate of drug-likeness (QED) is 0.0199. The molecule has 0 heterocycles. The Labute approximate surface area is 387 Å². The lowest BCUT2D eigenvalue weighted by Gasteiger charge is -2.18. The highest BCUT2D eigenvalue weighted by molar-refractivity contribution is 5.71. The van der Waals surface area contributed by atoms with Gasteiger partial charge in [-0.05, 0) is 57.8 Å². The lowest BCUT2D eigenvalue weighted by atomic mass is 10.0. The van der Waals surface area contributed by atoms with E-state index in [1.807, 2.05) is 72.9 Å². The van der Waals surface area contributed by atoms with Crippen LogP contribution in [0.25, 0.3) is 0 Å². The molecule has 0 bridgehead atoms. The lowest BCUT2D eigenvalue weighted by molar-refractivity contribution is -0.167. The monoisotopic (exact) mass is 875 g/mol. The third kappa shape index (κ3) is 49.2. The molecule has 63 heavy (non-hydrogen) atoms. The molecule has 0 amide bonds. The molecule has 0 aliphatic carbocycles. The predicted octanol–water partition coefficient (Wildman–Crippen LogP) is 17.0. The largest absolute Gasteiger partial charge is 0.462 e. The first-order valence-electron chi connectivity index (χ1n) is 25.8. The van der Waals surface area contributed by atoms with E-state index in [0.29, 0.717) is 25.7 Å². The van der Waals surface area contributed by atoms with Crippen LogP contribution < -0.4 is 0 Å². The van der Waals surface area contributed by atoms with Crippen molar-refractivity contribution in [2.24, 2.45) is 0 Å². The van der Waals surface area contributed by atoms with Crippen molar-refractivity contribution in [1.82, 2.24) is 0 Å². The molecule has 0 aromatic heterocycles. The first kappa shape index (κ1) is 59.3. The SMILES string of the molecule is CC\C=C/C=C\C=C/C=C\C=C\C=C/C=C\CCCCCC(=O)OCC(COC(=O)CCC/C=C\CCCCCC)OC(=O)CCCCCCCCCCCCCCCCCCC. The number of unbranched alkanes of at least 4 members (excludes halogenated alkanes) is 24. The molecule has 0 aromatic rings. The molecule has 0 aromatic carbocycles. The second kappa shape index (κ2) is 51.0. The fourth-order valence-corrected chi connectivity index (χ4v) is 6.90. The number of ether oxygens (including phenoxy) is 3. The summed E-state index contributed by atoms with van der Waals surface area (Å²) in [5, 5.41) is 0. The normalized spacial score (nSPS) is 12.9. The predicted molar refractivity (Wildman–Crippen MR) is 270 cm³/mol. The Balaban J connectivity index is 4.44. The highest BCUT2D eigenvalue weighted by Crippen LogP contribution is 2.15. The van der Waals surface area contributed by atoms with Gasteiger partial charge in [0.2, 0.25) is 0 Å². The van der Waals surface area contributed by atoms with E-state index in [9.17, 15) is 14.4 Å². The summed E-state index contributed by atoms with van der Waals surface area (Å²) in [6.45, 7) is 6.39. The Bertz CT molecular complexity index is 1280.